The highest BCUT2D eigenvalue weighted by molar-refractivity contribution is 5.95. The molecule has 1 aliphatic carbocycles. The molecule has 0 atom stereocenters. The van der Waals surface area contributed by atoms with Crippen molar-refractivity contribution in [3.8, 4) is 0 Å². The summed E-state index contributed by atoms with van der Waals surface area (Å²) in [5.41, 5.74) is -0.744. The number of ketones is 1. The summed E-state index contributed by atoms with van der Waals surface area (Å²) in [6, 6.07) is 0. The van der Waals surface area contributed by atoms with Gasteiger partial charge in [-0.2, -0.15) is 0 Å². The first-order chi connectivity index (χ1) is 9.50. The first-order valence-corrected chi connectivity index (χ1v) is 7.30. The van der Waals surface area contributed by atoms with E-state index in [1.54, 1.807) is 7.05 Å². The van der Waals surface area contributed by atoms with Crippen molar-refractivity contribution in [3.05, 3.63) is 32.6 Å². The molecule has 0 radical (unpaired) electrons. The number of carbonyl (C=O) groups excluding carboxylic acids is 1. The van der Waals surface area contributed by atoms with Gasteiger partial charge in [0, 0.05) is 26.7 Å². The zero-order chi connectivity index (χ0) is 14.7. The summed E-state index contributed by atoms with van der Waals surface area (Å²) in [5.74, 6) is 0.250. The molecule has 1 aliphatic rings. The van der Waals surface area contributed by atoms with E-state index in [0.29, 0.717) is 12.3 Å². The molecule has 0 saturated heterocycles. The maximum absolute atomic E-state index is 12.3. The van der Waals surface area contributed by atoms with Crippen LogP contribution < -0.4 is 11.2 Å². The molecule has 0 bridgehead atoms. The Bertz CT molecular complexity index is 605. The number of hydrogen-bond donors (Lipinski definition) is 0. The van der Waals surface area contributed by atoms with Gasteiger partial charge >= 0.3 is 5.69 Å². The van der Waals surface area contributed by atoms with Crippen LogP contribution in [0.1, 0.15) is 55.3 Å². The lowest BCUT2D eigenvalue weighted by Gasteiger charge is -2.13. The minimum atomic E-state index is -0.480. The molecule has 1 saturated carbocycles. The minimum Gasteiger partial charge on any atom is -0.303 e. The largest absolute Gasteiger partial charge is 0.330 e. The van der Waals surface area contributed by atoms with Crippen LogP contribution in [0.5, 0.6) is 0 Å². The monoisotopic (exact) mass is 278 g/mol. The van der Waals surface area contributed by atoms with Crippen LogP contribution in [0.25, 0.3) is 0 Å². The molecule has 0 N–H and O–H groups in total. The Morgan fingerprint density at radius 3 is 2.35 bits per heavy atom. The number of carbonyl (C=O) groups is 1. The molecule has 110 valence electrons. The van der Waals surface area contributed by atoms with Crippen molar-refractivity contribution in [2.75, 3.05) is 0 Å². The molecule has 1 aromatic heterocycles. The van der Waals surface area contributed by atoms with Crippen LogP contribution in [0.15, 0.2) is 15.8 Å². The molecular formula is C15H22N2O3. The van der Waals surface area contributed by atoms with Crippen molar-refractivity contribution >= 4 is 5.78 Å². The van der Waals surface area contributed by atoms with Crippen LogP contribution in [0.4, 0.5) is 0 Å². The third-order valence-electron chi connectivity index (χ3n) is 4.20. The van der Waals surface area contributed by atoms with Crippen LogP contribution in [-0.2, 0) is 14.1 Å². The molecule has 1 heterocycles. The van der Waals surface area contributed by atoms with Gasteiger partial charge in [-0.3, -0.25) is 14.2 Å². The van der Waals surface area contributed by atoms with Gasteiger partial charge in [0.25, 0.3) is 5.56 Å². The summed E-state index contributed by atoms with van der Waals surface area (Å²) in [4.78, 5) is 36.0. The highest BCUT2D eigenvalue weighted by Gasteiger charge is 2.20. The van der Waals surface area contributed by atoms with Gasteiger partial charge in [0.15, 0.2) is 5.78 Å². The number of rotatable bonds is 3. The predicted octanol–water partition coefficient (Wildman–Crippen LogP) is 1.63. The quantitative estimate of drug-likeness (QED) is 0.623. The molecule has 1 aromatic rings. The van der Waals surface area contributed by atoms with E-state index in [4.69, 9.17) is 0 Å². The molecule has 0 aromatic carbocycles. The van der Waals surface area contributed by atoms with Crippen molar-refractivity contribution < 1.29 is 4.79 Å². The van der Waals surface area contributed by atoms with Gasteiger partial charge in [-0.25, -0.2) is 4.79 Å². The van der Waals surface area contributed by atoms with Crippen LogP contribution in [0.3, 0.4) is 0 Å². The number of aromatic nitrogens is 2. The molecule has 20 heavy (non-hydrogen) atoms. The van der Waals surface area contributed by atoms with Crippen molar-refractivity contribution in [2.45, 2.75) is 44.9 Å². The van der Waals surface area contributed by atoms with Gasteiger partial charge in [-0.05, 0) is 5.92 Å². The standard InChI is InChI=1S/C15H22N2O3/c1-16-10-12(14(19)17(2)15(16)20)13(18)9-11-7-5-3-4-6-8-11/h10-11H,3-9H2,1-2H3. The van der Waals surface area contributed by atoms with Crippen molar-refractivity contribution in [1.82, 2.24) is 9.13 Å². The third kappa shape index (κ3) is 3.08. The SMILES string of the molecule is Cn1cc(C(=O)CC2CCCCCC2)c(=O)n(C)c1=O. The maximum Gasteiger partial charge on any atom is 0.330 e. The molecular weight excluding hydrogens is 256 g/mol. The summed E-state index contributed by atoms with van der Waals surface area (Å²) in [6.45, 7) is 0. The second-order valence-electron chi connectivity index (χ2n) is 5.79. The Hall–Kier alpha value is -1.65. The Kier molecular flexibility index (Phi) is 4.57. The Morgan fingerprint density at radius 2 is 1.75 bits per heavy atom. The van der Waals surface area contributed by atoms with Gasteiger partial charge in [0.05, 0.1) is 5.56 Å². The Balaban J connectivity index is 2.21. The summed E-state index contributed by atoms with van der Waals surface area (Å²) >= 11 is 0. The lowest BCUT2D eigenvalue weighted by Crippen LogP contribution is -2.39. The molecule has 1 fully saturated rings. The minimum absolute atomic E-state index is 0.131. The first-order valence-electron chi connectivity index (χ1n) is 7.30. The van der Waals surface area contributed by atoms with E-state index in [2.05, 4.69) is 0 Å². The summed E-state index contributed by atoms with van der Waals surface area (Å²) in [7, 11) is 2.97. The molecule has 0 aliphatic heterocycles. The zero-order valence-corrected chi connectivity index (χ0v) is 12.2. The summed E-state index contributed by atoms with van der Waals surface area (Å²) in [6.07, 6.45) is 8.76. The van der Waals surface area contributed by atoms with E-state index in [1.165, 1.54) is 43.5 Å². The fourth-order valence-electron chi connectivity index (χ4n) is 2.94. The van der Waals surface area contributed by atoms with E-state index in [1.807, 2.05) is 0 Å². The summed E-state index contributed by atoms with van der Waals surface area (Å²) < 4.78 is 2.29. The normalized spacial score (nSPS) is 16.9. The summed E-state index contributed by atoms with van der Waals surface area (Å²) in [5, 5.41) is 0. The highest BCUT2D eigenvalue weighted by atomic mass is 16.2. The fraction of sp³-hybridized carbons (Fsp3) is 0.667. The van der Waals surface area contributed by atoms with Gasteiger partial charge < -0.3 is 4.57 Å². The van der Waals surface area contributed by atoms with Crippen molar-refractivity contribution in [1.29, 1.82) is 0 Å². The fourth-order valence-corrected chi connectivity index (χ4v) is 2.94. The van der Waals surface area contributed by atoms with Gasteiger partial charge in [0.1, 0.15) is 0 Å². The molecule has 0 unspecified atom stereocenters. The second kappa shape index (κ2) is 6.20. The number of nitrogens with zero attached hydrogens (tertiary/aromatic N) is 2. The Labute approximate surface area is 118 Å². The smallest absolute Gasteiger partial charge is 0.303 e. The lowest BCUT2D eigenvalue weighted by atomic mass is 9.93. The van der Waals surface area contributed by atoms with E-state index >= 15 is 0 Å². The number of Topliss-reactive ketones (excluding diaryl/α,β-unsaturated/α-hetero) is 1. The van der Waals surface area contributed by atoms with Gasteiger partial charge in [-0.1, -0.05) is 38.5 Å². The molecule has 0 amide bonds. The van der Waals surface area contributed by atoms with Crippen LogP contribution in [0, 0.1) is 5.92 Å². The maximum atomic E-state index is 12.3. The predicted molar refractivity (Wildman–Crippen MR) is 77.1 cm³/mol. The molecule has 5 nitrogen and oxygen atoms in total. The van der Waals surface area contributed by atoms with Gasteiger partial charge in [0.2, 0.25) is 0 Å². The highest BCUT2D eigenvalue weighted by Crippen LogP contribution is 2.26. The number of aryl methyl sites for hydroxylation is 1. The van der Waals surface area contributed by atoms with E-state index in [9.17, 15) is 14.4 Å². The average Bonchev–Trinajstić information content (AvgIpc) is 2.69. The van der Waals surface area contributed by atoms with Gasteiger partial charge in [-0.15, -0.1) is 0 Å². The third-order valence-corrected chi connectivity index (χ3v) is 4.20. The second-order valence-corrected chi connectivity index (χ2v) is 5.79. The Morgan fingerprint density at radius 1 is 1.15 bits per heavy atom. The van der Waals surface area contributed by atoms with Crippen LogP contribution >= 0.6 is 0 Å². The molecule has 2 rings (SSSR count). The van der Waals surface area contributed by atoms with Crippen molar-refractivity contribution in [3.63, 3.8) is 0 Å². The van der Waals surface area contributed by atoms with Crippen LogP contribution in [0.2, 0.25) is 0 Å². The lowest BCUT2D eigenvalue weighted by molar-refractivity contribution is 0.0954. The average molecular weight is 278 g/mol. The molecule has 0 spiro atoms. The van der Waals surface area contributed by atoms with Crippen LogP contribution in [-0.4, -0.2) is 14.9 Å². The number of hydrogen-bond acceptors (Lipinski definition) is 3. The molecule has 5 heteroatoms. The topological polar surface area (TPSA) is 61.1 Å². The van der Waals surface area contributed by atoms with E-state index < -0.39 is 11.2 Å². The zero-order valence-electron chi connectivity index (χ0n) is 12.2. The first kappa shape index (κ1) is 14.8. The van der Waals surface area contributed by atoms with Crippen molar-refractivity contribution in [2.24, 2.45) is 20.0 Å². The van der Waals surface area contributed by atoms with E-state index in [0.717, 1.165) is 17.4 Å². The van der Waals surface area contributed by atoms with E-state index in [-0.39, 0.29) is 11.3 Å².